The van der Waals surface area contributed by atoms with E-state index in [-0.39, 0.29) is 23.9 Å². The zero-order chi connectivity index (χ0) is 19.3. The first-order chi connectivity index (χ1) is 12.7. The third kappa shape index (κ3) is 21.6. The Bertz CT molecular complexity index is 272. The van der Waals surface area contributed by atoms with Crippen LogP contribution < -0.4 is 0 Å². The van der Waals surface area contributed by atoms with Gasteiger partial charge in [-0.15, -0.1) is 0 Å². The molecule has 0 amide bonds. The molecule has 0 unspecified atom stereocenters. The Balaban J connectivity index is 0. The molecule has 0 aliphatic rings. The van der Waals surface area contributed by atoms with E-state index in [0.29, 0.717) is 0 Å². The zero-order valence-corrected chi connectivity index (χ0v) is 24.3. The molecule has 0 aromatic heterocycles. The van der Waals surface area contributed by atoms with Crippen molar-refractivity contribution in [3.63, 3.8) is 0 Å². The van der Waals surface area contributed by atoms with Crippen LogP contribution in [0.3, 0.4) is 0 Å². The van der Waals surface area contributed by atoms with Crippen LogP contribution in [0.25, 0.3) is 0 Å². The van der Waals surface area contributed by atoms with E-state index in [1.54, 1.807) is 0 Å². The summed E-state index contributed by atoms with van der Waals surface area (Å²) in [5.41, 5.74) is 0. The minimum absolute atomic E-state index is 0. The summed E-state index contributed by atoms with van der Waals surface area (Å²) >= 11 is 0. The van der Waals surface area contributed by atoms with Gasteiger partial charge in [0, 0.05) is 18.5 Å². The van der Waals surface area contributed by atoms with E-state index in [9.17, 15) is 4.57 Å². The summed E-state index contributed by atoms with van der Waals surface area (Å²) < 4.78 is 13.5. The Morgan fingerprint density at radius 1 is 0.407 bits per heavy atom. The van der Waals surface area contributed by atoms with E-state index in [2.05, 4.69) is 20.8 Å². The summed E-state index contributed by atoms with van der Waals surface area (Å²) in [6.45, 7) is 6.82. The average Bonchev–Trinajstić information content (AvgIpc) is 2.64. The van der Waals surface area contributed by atoms with Crippen LogP contribution in [-0.4, -0.2) is 42.4 Å². The molecule has 27 heavy (non-hydrogen) atoms. The van der Waals surface area contributed by atoms with Crippen LogP contribution in [0, 0.1) is 0 Å². The Morgan fingerprint density at radius 2 is 0.630 bits per heavy atom. The molecular formula is C24H53OPSn. The Morgan fingerprint density at radius 3 is 0.889 bits per heavy atom. The van der Waals surface area contributed by atoms with E-state index in [1.165, 1.54) is 116 Å². The van der Waals surface area contributed by atoms with Gasteiger partial charge >= 0.3 is 23.9 Å². The topological polar surface area (TPSA) is 17.1 Å². The summed E-state index contributed by atoms with van der Waals surface area (Å²) in [4.78, 5) is 0. The van der Waals surface area contributed by atoms with Crippen LogP contribution in [0.4, 0.5) is 0 Å². The summed E-state index contributed by atoms with van der Waals surface area (Å²) in [5.74, 6) is 0. The van der Waals surface area contributed by atoms with Crippen molar-refractivity contribution < 1.29 is 4.57 Å². The van der Waals surface area contributed by atoms with Crippen LogP contribution in [0.5, 0.6) is 0 Å². The van der Waals surface area contributed by atoms with Gasteiger partial charge in [-0.05, 0) is 19.3 Å². The second kappa shape index (κ2) is 23.3. The van der Waals surface area contributed by atoms with Crippen molar-refractivity contribution in [1.29, 1.82) is 0 Å². The van der Waals surface area contributed by atoms with E-state index in [0.717, 1.165) is 18.5 Å². The number of hydrogen-bond donors (Lipinski definition) is 0. The SMILES string of the molecule is CCCCCCCCP(=O)(CCCCCCCC)CCCCCCCC.[SnH2]. The number of unbranched alkanes of at least 4 members (excludes halogenated alkanes) is 15. The Kier molecular flexibility index (Phi) is 26.1. The fourth-order valence-corrected chi connectivity index (χ4v) is 6.95. The van der Waals surface area contributed by atoms with Crippen LogP contribution in [0.15, 0.2) is 0 Å². The van der Waals surface area contributed by atoms with Gasteiger partial charge in [0.1, 0.15) is 0 Å². The molecule has 0 aromatic rings. The van der Waals surface area contributed by atoms with Gasteiger partial charge in [-0.2, -0.15) is 0 Å². The normalized spacial score (nSPS) is 11.5. The second-order valence-corrected chi connectivity index (χ2v) is 12.0. The van der Waals surface area contributed by atoms with Crippen molar-refractivity contribution >= 4 is 31.0 Å². The minimum atomic E-state index is -1.89. The van der Waals surface area contributed by atoms with Crippen molar-refractivity contribution in [1.82, 2.24) is 0 Å². The Labute approximate surface area is 190 Å². The fraction of sp³-hybridized carbons (Fsp3) is 1.00. The monoisotopic (exact) mass is 508 g/mol. The molecule has 3 heteroatoms. The molecule has 0 aliphatic carbocycles. The average molecular weight is 507 g/mol. The molecular weight excluding hydrogens is 454 g/mol. The van der Waals surface area contributed by atoms with Gasteiger partial charge in [-0.25, -0.2) is 0 Å². The van der Waals surface area contributed by atoms with E-state index >= 15 is 0 Å². The molecule has 0 fully saturated rings. The first-order valence-corrected chi connectivity index (χ1v) is 14.5. The molecule has 0 aliphatic heterocycles. The van der Waals surface area contributed by atoms with Crippen molar-refractivity contribution in [2.45, 2.75) is 136 Å². The van der Waals surface area contributed by atoms with E-state index < -0.39 is 7.14 Å². The van der Waals surface area contributed by atoms with Crippen LogP contribution in [0.2, 0.25) is 0 Å². The molecule has 0 saturated carbocycles. The molecule has 0 atom stereocenters. The molecule has 0 spiro atoms. The standard InChI is InChI=1S/C24H51OP.Sn.2H/c1-4-7-10-13-16-19-22-26(25,23-20-17-14-11-8-5-2)24-21-18-15-12-9-6-3;;;/h4-24H2,1-3H3;;;. The molecule has 2 radical (unpaired) electrons. The van der Waals surface area contributed by atoms with E-state index in [1.807, 2.05) is 0 Å². The maximum absolute atomic E-state index is 13.5. The first-order valence-electron chi connectivity index (χ1n) is 12.3. The van der Waals surface area contributed by atoms with Gasteiger partial charge in [0.2, 0.25) is 0 Å². The predicted molar refractivity (Wildman–Crippen MR) is 131 cm³/mol. The Hall–Kier alpha value is 1.03. The van der Waals surface area contributed by atoms with Gasteiger partial charge in [-0.1, -0.05) is 117 Å². The van der Waals surface area contributed by atoms with E-state index in [4.69, 9.17) is 0 Å². The summed E-state index contributed by atoms with van der Waals surface area (Å²) in [7, 11) is -1.89. The zero-order valence-electron chi connectivity index (χ0n) is 19.4. The van der Waals surface area contributed by atoms with Crippen LogP contribution in [0.1, 0.15) is 136 Å². The van der Waals surface area contributed by atoms with Gasteiger partial charge in [-0.3, -0.25) is 0 Å². The molecule has 164 valence electrons. The quantitative estimate of drug-likeness (QED) is 0.0865. The molecule has 0 heterocycles. The third-order valence-corrected chi connectivity index (χ3v) is 9.15. The van der Waals surface area contributed by atoms with Gasteiger partial charge in [0.05, 0.1) is 7.14 Å². The van der Waals surface area contributed by atoms with Crippen LogP contribution in [-0.2, 0) is 4.57 Å². The van der Waals surface area contributed by atoms with Crippen molar-refractivity contribution in [2.75, 3.05) is 18.5 Å². The van der Waals surface area contributed by atoms with Gasteiger partial charge in [0.15, 0.2) is 0 Å². The van der Waals surface area contributed by atoms with Crippen LogP contribution >= 0.6 is 7.14 Å². The van der Waals surface area contributed by atoms with Crippen molar-refractivity contribution in [3.8, 4) is 0 Å². The number of rotatable bonds is 21. The van der Waals surface area contributed by atoms with Gasteiger partial charge in [0.25, 0.3) is 0 Å². The number of hydrogen-bond acceptors (Lipinski definition) is 1. The van der Waals surface area contributed by atoms with Gasteiger partial charge < -0.3 is 4.57 Å². The summed E-state index contributed by atoms with van der Waals surface area (Å²) in [6, 6.07) is 0. The summed E-state index contributed by atoms with van der Waals surface area (Å²) in [6.07, 6.45) is 26.9. The predicted octanol–water partition coefficient (Wildman–Crippen LogP) is 8.51. The molecule has 1 nitrogen and oxygen atoms in total. The maximum atomic E-state index is 13.5. The fourth-order valence-electron chi connectivity index (χ4n) is 3.88. The third-order valence-electron chi connectivity index (χ3n) is 5.76. The second-order valence-electron chi connectivity index (χ2n) is 8.53. The van der Waals surface area contributed by atoms with Crippen molar-refractivity contribution in [2.24, 2.45) is 0 Å². The molecule has 0 N–H and O–H groups in total. The molecule has 0 aromatic carbocycles. The molecule has 0 saturated heterocycles. The summed E-state index contributed by atoms with van der Waals surface area (Å²) in [5, 5.41) is 0. The van der Waals surface area contributed by atoms with Crippen molar-refractivity contribution in [3.05, 3.63) is 0 Å². The molecule has 0 rings (SSSR count). The first kappa shape index (κ1) is 30.2. The molecule has 0 bridgehead atoms.